The average molecular weight is 456 g/mol. The van der Waals surface area contributed by atoms with Crippen molar-refractivity contribution in [1.29, 1.82) is 0 Å². The van der Waals surface area contributed by atoms with Crippen molar-refractivity contribution in [2.75, 3.05) is 0 Å². The molecule has 2 atom stereocenters. The Bertz CT molecular complexity index is 1320. The first-order chi connectivity index (χ1) is 16.6. The fourth-order valence-corrected chi connectivity index (χ4v) is 4.63. The van der Waals surface area contributed by atoms with Crippen molar-refractivity contribution in [3.05, 3.63) is 83.4 Å². The Kier molecular flexibility index (Phi) is 6.11. The minimum atomic E-state index is 0.00547. The quantitative estimate of drug-likeness (QED) is 0.366. The number of rotatable bonds is 9. The largest absolute Gasteiger partial charge is 0.392 e. The molecule has 1 fully saturated rings. The molecule has 174 valence electrons. The van der Waals surface area contributed by atoms with Gasteiger partial charge in [0.15, 0.2) is 5.78 Å². The lowest BCUT2D eigenvalue weighted by Gasteiger charge is -2.12. The van der Waals surface area contributed by atoms with Crippen LogP contribution in [0.5, 0.6) is 0 Å². The predicted molar refractivity (Wildman–Crippen MR) is 130 cm³/mol. The van der Waals surface area contributed by atoms with Gasteiger partial charge >= 0.3 is 0 Å². The molecule has 4 aromatic rings. The van der Waals surface area contributed by atoms with Crippen LogP contribution in [0.2, 0.25) is 0 Å². The number of aryl methyl sites for hydroxylation is 1. The average Bonchev–Trinajstić information content (AvgIpc) is 3.32. The van der Waals surface area contributed by atoms with Crippen molar-refractivity contribution < 1.29 is 9.90 Å². The van der Waals surface area contributed by atoms with Crippen molar-refractivity contribution >= 4 is 5.78 Å². The highest BCUT2D eigenvalue weighted by atomic mass is 16.3. The summed E-state index contributed by atoms with van der Waals surface area (Å²) in [5, 5.41) is 22.6. The number of benzene rings is 2. The standard InChI is InChI=1S/C27H29N5O2/c1-3-4-11-26(34)24-15-28-32(27(24)23-14-22(23)25-16-31(2)30-29-25)21-10-6-9-20(13-21)19-8-5-7-18(12-19)17-33/h5-10,12-13,15-16,22-23,33H,3-4,11,14,17H2,1-2H3/t22-,23-/m1/s1. The molecule has 2 aromatic carbocycles. The van der Waals surface area contributed by atoms with E-state index < -0.39 is 0 Å². The maximum absolute atomic E-state index is 13.1. The van der Waals surface area contributed by atoms with Crippen LogP contribution in [0.3, 0.4) is 0 Å². The molecule has 2 aromatic heterocycles. The van der Waals surface area contributed by atoms with Crippen LogP contribution in [0.25, 0.3) is 16.8 Å². The second-order valence-electron chi connectivity index (χ2n) is 9.06. The second-order valence-corrected chi connectivity index (χ2v) is 9.06. The van der Waals surface area contributed by atoms with Gasteiger partial charge in [-0.1, -0.05) is 48.9 Å². The third-order valence-corrected chi connectivity index (χ3v) is 6.54. The van der Waals surface area contributed by atoms with Gasteiger partial charge in [0.2, 0.25) is 0 Å². The minimum absolute atomic E-state index is 0.00547. The molecule has 0 amide bonds. The Morgan fingerprint density at radius 2 is 1.91 bits per heavy atom. The van der Waals surface area contributed by atoms with E-state index in [0.717, 1.165) is 58.6 Å². The lowest BCUT2D eigenvalue weighted by Crippen LogP contribution is -2.07. The van der Waals surface area contributed by atoms with Gasteiger partial charge in [0.05, 0.1) is 35.4 Å². The number of carbonyl (C=O) groups excluding carboxylic acids is 1. The van der Waals surface area contributed by atoms with Crippen molar-refractivity contribution in [3.8, 4) is 16.8 Å². The number of carbonyl (C=O) groups is 1. The Morgan fingerprint density at radius 3 is 2.65 bits per heavy atom. The summed E-state index contributed by atoms with van der Waals surface area (Å²) in [6, 6.07) is 16.1. The summed E-state index contributed by atoms with van der Waals surface area (Å²) in [6.07, 6.45) is 7.01. The number of Topliss-reactive ketones (excluding diaryl/α,β-unsaturated/α-hetero) is 1. The first-order valence-electron chi connectivity index (χ1n) is 11.9. The molecule has 0 bridgehead atoms. The van der Waals surface area contributed by atoms with Crippen LogP contribution in [0.4, 0.5) is 0 Å². The molecule has 1 N–H and O–H groups in total. The molecule has 34 heavy (non-hydrogen) atoms. The number of nitrogens with zero attached hydrogens (tertiary/aromatic N) is 5. The number of ketones is 1. The summed E-state index contributed by atoms with van der Waals surface area (Å²) in [7, 11) is 1.87. The molecule has 0 spiro atoms. The maximum Gasteiger partial charge on any atom is 0.166 e. The Morgan fingerprint density at radius 1 is 1.12 bits per heavy atom. The SMILES string of the molecule is CCCCC(=O)c1cnn(-c2cccc(-c3cccc(CO)c3)c2)c1[C@@H]1C[C@H]1c1cn(C)nn1. The lowest BCUT2D eigenvalue weighted by molar-refractivity contribution is 0.0978. The van der Waals surface area contributed by atoms with E-state index in [-0.39, 0.29) is 24.2 Å². The van der Waals surface area contributed by atoms with Crippen LogP contribution in [0, 0.1) is 0 Å². The first-order valence-corrected chi connectivity index (χ1v) is 11.9. The minimum Gasteiger partial charge on any atom is -0.392 e. The summed E-state index contributed by atoms with van der Waals surface area (Å²) >= 11 is 0. The summed E-state index contributed by atoms with van der Waals surface area (Å²) in [5.74, 6) is 0.576. The van der Waals surface area contributed by atoms with Crippen molar-refractivity contribution in [1.82, 2.24) is 24.8 Å². The number of aromatic nitrogens is 5. The molecule has 7 nitrogen and oxygen atoms in total. The fraction of sp³-hybridized carbons (Fsp3) is 0.333. The van der Waals surface area contributed by atoms with Crippen LogP contribution in [0.1, 0.15) is 71.8 Å². The number of aliphatic hydroxyl groups excluding tert-OH is 1. The van der Waals surface area contributed by atoms with Gasteiger partial charge in [-0.25, -0.2) is 4.68 Å². The highest BCUT2D eigenvalue weighted by molar-refractivity contribution is 5.97. The molecule has 0 aliphatic heterocycles. The van der Waals surface area contributed by atoms with E-state index in [1.165, 1.54) is 0 Å². The maximum atomic E-state index is 13.1. The third kappa shape index (κ3) is 4.31. The van der Waals surface area contributed by atoms with Crippen LogP contribution in [0.15, 0.2) is 60.9 Å². The van der Waals surface area contributed by atoms with Crippen LogP contribution in [-0.4, -0.2) is 35.7 Å². The smallest absolute Gasteiger partial charge is 0.166 e. The van der Waals surface area contributed by atoms with Gasteiger partial charge < -0.3 is 5.11 Å². The number of unbranched alkanes of at least 4 members (excludes halogenated alkanes) is 1. The van der Waals surface area contributed by atoms with Gasteiger partial charge in [-0.3, -0.25) is 9.48 Å². The zero-order valence-corrected chi connectivity index (χ0v) is 19.6. The summed E-state index contributed by atoms with van der Waals surface area (Å²) in [5.41, 5.74) is 6.51. The highest BCUT2D eigenvalue weighted by Gasteiger charge is 2.45. The van der Waals surface area contributed by atoms with Crippen molar-refractivity contribution in [3.63, 3.8) is 0 Å². The molecule has 7 heteroatoms. The molecule has 2 heterocycles. The van der Waals surface area contributed by atoms with E-state index in [9.17, 15) is 9.90 Å². The van der Waals surface area contributed by atoms with E-state index >= 15 is 0 Å². The highest BCUT2D eigenvalue weighted by Crippen LogP contribution is 2.55. The molecule has 1 aliphatic carbocycles. The van der Waals surface area contributed by atoms with Gasteiger partial charge in [0, 0.05) is 31.5 Å². The Labute approximate surface area is 199 Å². The zero-order chi connectivity index (χ0) is 23.7. The molecule has 0 saturated heterocycles. The second kappa shape index (κ2) is 9.35. The molecular formula is C27H29N5O2. The summed E-state index contributed by atoms with van der Waals surface area (Å²) < 4.78 is 3.65. The molecule has 1 saturated carbocycles. The molecule has 0 unspecified atom stereocenters. The molecule has 0 radical (unpaired) electrons. The first kappa shape index (κ1) is 22.2. The monoisotopic (exact) mass is 455 g/mol. The van der Waals surface area contributed by atoms with E-state index in [1.807, 2.05) is 54.3 Å². The molecule has 1 aliphatic rings. The van der Waals surface area contributed by atoms with Gasteiger partial charge in [-0.15, -0.1) is 5.10 Å². The van der Waals surface area contributed by atoms with E-state index in [1.54, 1.807) is 10.9 Å². The van der Waals surface area contributed by atoms with E-state index in [0.29, 0.717) is 6.42 Å². The molecule has 5 rings (SSSR count). The predicted octanol–water partition coefficient (Wildman–Crippen LogP) is 4.80. The van der Waals surface area contributed by atoms with Crippen molar-refractivity contribution in [2.24, 2.45) is 7.05 Å². The normalized spacial score (nSPS) is 17.1. The lowest BCUT2D eigenvalue weighted by atomic mass is 10.0. The molecular weight excluding hydrogens is 426 g/mol. The van der Waals surface area contributed by atoms with E-state index in [2.05, 4.69) is 29.4 Å². The number of hydrogen-bond acceptors (Lipinski definition) is 5. The van der Waals surface area contributed by atoms with Gasteiger partial charge in [0.1, 0.15) is 0 Å². The van der Waals surface area contributed by atoms with Crippen LogP contribution >= 0.6 is 0 Å². The summed E-state index contributed by atoms with van der Waals surface area (Å²) in [4.78, 5) is 13.1. The Balaban J connectivity index is 1.54. The van der Waals surface area contributed by atoms with Gasteiger partial charge in [-0.05, 0) is 47.7 Å². The third-order valence-electron chi connectivity index (χ3n) is 6.54. The Hall–Kier alpha value is -3.58. The van der Waals surface area contributed by atoms with Crippen LogP contribution in [-0.2, 0) is 13.7 Å². The summed E-state index contributed by atoms with van der Waals surface area (Å²) in [6.45, 7) is 2.10. The fourth-order valence-electron chi connectivity index (χ4n) is 4.63. The zero-order valence-electron chi connectivity index (χ0n) is 19.6. The van der Waals surface area contributed by atoms with Gasteiger partial charge in [-0.2, -0.15) is 5.10 Å². The van der Waals surface area contributed by atoms with Crippen LogP contribution < -0.4 is 0 Å². The van der Waals surface area contributed by atoms with Gasteiger partial charge in [0.25, 0.3) is 0 Å². The topological polar surface area (TPSA) is 85.8 Å². The van der Waals surface area contributed by atoms with E-state index in [4.69, 9.17) is 5.10 Å². The number of hydrogen-bond donors (Lipinski definition) is 1. The van der Waals surface area contributed by atoms with Crippen molar-refractivity contribution in [2.45, 2.75) is 51.0 Å². The number of aliphatic hydroxyl groups is 1.